The minimum atomic E-state index is -1.00. The van der Waals surface area contributed by atoms with Crippen LogP contribution in [0.5, 0.6) is 0 Å². The van der Waals surface area contributed by atoms with Gasteiger partial charge in [0.2, 0.25) is 0 Å². The van der Waals surface area contributed by atoms with Gasteiger partial charge in [-0.25, -0.2) is 0 Å². The van der Waals surface area contributed by atoms with Crippen molar-refractivity contribution >= 4 is 11.9 Å². The van der Waals surface area contributed by atoms with Crippen molar-refractivity contribution in [3.05, 3.63) is 71.8 Å². The molecule has 0 saturated carbocycles. The van der Waals surface area contributed by atoms with E-state index in [1.54, 1.807) is 48.5 Å². The topological polar surface area (TPSA) is 52.6 Å². The number of cyclic esters (lactones) is 2. The second-order valence-electron chi connectivity index (χ2n) is 4.46. The number of carbonyl (C=O) groups excluding carboxylic acids is 2. The Balaban J connectivity index is 1.84. The van der Waals surface area contributed by atoms with Crippen molar-refractivity contribution in [1.29, 1.82) is 0 Å². The molecule has 0 aliphatic carbocycles. The minimum Gasteiger partial charge on any atom is -0.420 e. The van der Waals surface area contributed by atoms with Gasteiger partial charge in [-0.05, 0) is 5.56 Å². The SMILES string of the molecule is O=C1OC(c2ccccc2)OC(=O)C1c1ccccc1. The van der Waals surface area contributed by atoms with E-state index in [4.69, 9.17) is 9.47 Å². The predicted octanol–water partition coefficient (Wildman–Crippen LogP) is 2.57. The van der Waals surface area contributed by atoms with Crippen LogP contribution in [0.1, 0.15) is 23.3 Å². The van der Waals surface area contributed by atoms with E-state index in [-0.39, 0.29) is 0 Å². The van der Waals surface area contributed by atoms with E-state index < -0.39 is 24.1 Å². The van der Waals surface area contributed by atoms with Crippen molar-refractivity contribution in [3.63, 3.8) is 0 Å². The summed E-state index contributed by atoms with van der Waals surface area (Å²) >= 11 is 0. The van der Waals surface area contributed by atoms with Gasteiger partial charge in [-0.2, -0.15) is 0 Å². The van der Waals surface area contributed by atoms with E-state index in [9.17, 15) is 9.59 Å². The van der Waals surface area contributed by atoms with E-state index in [0.29, 0.717) is 11.1 Å². The molecule has 0 atom stereocenters. The fraction of sp³-hybridized carbons (Fsp3) is 0.125. The maximum Gasteiger partial charge on any atom is 0.328 e. The molecule has 2 aromatic carbocycles. The first-order valence-electron chi connectivity index (χ1n) is 6.26. The summed E-state index contributed by atoms with van der Waals surface area (Å²) in [6, 6.07) is 17.7. The van der Waals surface area contributed by atoms with E-state index >= 15 is 0 Å². The van der Waals surface area contributed by atoms with Gasteiger partial charge in [0, 0.05) is 5.56 Å². The molecule has 2 aromatic rings. The average molecular weight is 268 g/mol. The van der Waals surface area contributed by atoms with Gasteiger partial charge in [0.1, 0.15) is 0 Å². The number of rotatable bonds is 2. The lowest BCUT2D eigenvalue weighted by Crippen LogP contribution is -2.35. The van der Waals surface area contributed by atoms with Crippen LogP contribution < -0.4 is 0 Å². The fourth-order valence-electron chi connectivity index (χ4n) is 2.13. The van der Waals surface area contributed by atoms with Crippen LogP contribution in [0.25, 0.3) is 0 Å². The van der Waals surface area contributed by atoms with Crippen LogP contribution in [0.4, 0.5) is 0 Å². The van der Waals surface area contributed by atoms with Gasteiger partial charge >= 0.3 is 11.9 Å². The van der Waals surface area contributed by atoms with E-state index in [1.807, 2.05) is 12.1 Å². The molecule has 0 bridgehead atoms. The lowest BCUT2D eigenvalue weighted by atomic mass is 9.98. The molecular formula is C16H12O4. The number of esters is 2. The van der Waals surface area contributed by atoms with Crippen LogP contribution in [0.3, 0.4) is 0 Å². The van der Waals surface area contributed by atoms with Crippen molar-refractivity contribution in [2.75, 3.05) is 0 Å². The molecule has 4 heteroatoms. The molecule has 0 N–H and O–H groups in total. The van der Waals surface area contributed by atoms with Crippen LogP contribution in [0.15, 0.2) is 60.7 Å². The largest absolute Gasteiger partial charge is 0.420 e. The van der Waals surface area contributed by atoms with E-state index in [0.717, 1.165) is 0 Å². The van der Waals surface area contributed by atoms with Crippen molar-refractivity contribution in [1.82, 2.24) is 0 Å². The highest BCUT2D eigenvalue weighted by Crippen LogP contribution is 2.31. The van der Waals surface area contributed by atoms with Crippen molar-refractivity contribution in [3.8, 4) is 0 Å². The Morgan fingerprint density at radius 1 is 0.650 bits per heavy atom. The zero-order valence-electron chi connectivity index (χ0n) is 10.6. The van der Waals surface area contributed by atoms with Gasteiger partial charge in [0.15, 0.2) is 5.92 Å². The van der Waals surface area contributed by atoms with Crippen molar-refractivity contribution in [2.24, 2.45) is 0 Å². The summed E-state index contributed by atoms with van der Waals surface area (Å²) in [6.07, 6.45) is -0.962. The Morgan fingerprint density at radius 2 is 1.10 bits per heavy atom. The van der Waals surface area contributed by atoms with Crippen LogP contribution in [0.2, 0.25) is 0 Å². The summed E-state index contributed by atoms with van der Waals surface area (Å²) in [5, 5.41) is 0. The Kier molecular flexibility index (Phi) is 3.21. The molecule has 100 valence electrons. The standard InChI is InChI=1S/C16H12O4/c17-14-13(11-7-3-1-4-8-11)15(18)20-16(19-14)12-9-5-2-6-10-12/h1-10,13,16H. The molecule has 1 saturated heterocycles. The zero-order chi connectivity index (χ0) is 13.9. The summed E-state index contributed by atoms with van der Waals surface area (Å²) in [5.74, 6) is -2.17. The van der Waals surface area contributed by atoms with Crippen LogP contribution in [-0.4, -0.2) is 11.9 Å². The molecule has 0 unspecified atom stereocenters. The van der Waals surface area contributed by atoms with Gasteiger partial charge in [-0.15, -0.1) is 0 Å². The highest BCUT2D eigenvalue weighted by atomic mass is 16.7. The molecule has 4 nitrogen and oxygen atoms in total. The Hall–Kier alpha value is -2.62. The van der Waals surface area contributed by atoms with Gasteiger partial charge in [0.25, 0.3) is 6.29 Å². The summed E-state index contributed by atoms with van der Waals surface area (Å²) in [7, 11) is 0. The Bertz CT molecular complexity index is 603. The van der Waals surface area contributed by atoms with Gasteiger partial charge in [0.05, 0.1) is 0 Å². The quantitative estimate of drug-likeness (QED) is 0.620. The first kappa shape index (κ1) is 12.4. The lowest BCUT2D eigenvalue weighted by molar-refractivity contribution is -0.208. The molecule has 1 aliphatic heterocycles. The Morgan fingerprint density at radius 3 is 1.60 bits per heavy atom. The van der Waals surface area contributed by atoms with E-state index in [1.165, 1.54) is 0 Å². The van der Waals surface area contributed by atoms with Crippen molar-refractivity contribution in [2.45, 2.75) is 12.2 Å². The molecule has 20 heavy (non-hydrogen) atoms. The number of ether oxygens (including phenoxy) is 2. The smallest absolute Gasteiger partial charge is 0.328 e. The second-order valence-corrected chi connectivity index (χ2v) is 4.46. The summed E-state index contributed by atoms with van der Waals surface area (Å²) in [6.45, 7) is 0. The van der Waals surface area contributed by atoms with Crippen LogP contribution >= 0.6 is 0 Å². The number of carbonyl (C=O) groups is 2. The highest BCUT2D eigenvalue weighted by molar-refractivity contribution is 6.02. The third-order valence-corrected chi connectivity index (χ3v) is 3.12. The molecule has 3 rings (SSSR count). The Labute approximate surface area is 115 Å². The first-order valence-corrected chi connectivity index (χ1v) is 6.26. The summed E-state index contributed by atoms with van der Waals surface area (Å²) in [4.78, 5) is 24.1. The third-order valence-electron chi connectivity index (χ3n) is 3.12. The summed E-state index contributed by atoms with van der Waals surface area (Å²) < 4.78 is 10.5. The van der Waals surface area contributed by atoms with Crippen LogP contribution in [0, 0.1) is 0 Å². The molecule has 0 radical (unpaired) electrons. The molecule has 0 spiro atoms. The first-order chi connectivity index (χ1) is 9.75. The monoisotopic (exact) mass is 268 g/mol. The minimum absolute atomic E-state index is 0.578. The number of benzene rings is 2. The number of hydrogen-bond donors (Lipinski definition) is 0. The van der Waals surface area contributed by atoms with Gasteiger partial charge in [-0.3, -0.25) is 9.59 Å². The third kappa shape index (κ3) is 2.28. The molecule has 1 heterocycles. The summed E-state index contributed by atoms with van der Waals surface area (Å²) in [5.41, 5.74) is 1.22. The lowest BCUT2D eigenvalue weighted by Gasteiger charge is -2.27. The average Bonchev–Trinajstić information content (AvgIpc) is 2.48. The maximum absolute atomic E-state index is 12.1. The molecule has 0 amide bonds. The molecular weight excluding hydrogens is 256 g/mol. The molecule has 0 aromatic heterocycles. The maximum atomic E-state index is 12.1. The van der Waals surface area contributed by atoms with Gasteiger partial charge < -0.3 is 9.47 Å². The van der Waals surface area contributed by atoms with Gasteiger partial charge in [-0.1, -0.05) is 60.7 Å². The van der Waals surface area contributed by atoms with E-state index in [2.05, 4.69) is 0 Å². The second kappa shape index (κ2) is 5.17. The molecule has 1 aliphatic rings. The zero-order valence-corrected chi connectivity index (χ0v) is 10.6. The fourth-order valence-corrected chi connectivity index (χ4v) is 2.13. The van der Waals surface area contributed by atoms with Crippen molar-refractivity contribution < 1.29 is 19.1 Å². The number of hydrogen-bond acceptors (Lipinski definition) is 4. The normalized spacial score (nSPS) is 22.0. The predicted molar refractivity (Wildman–Crippen MR) is 70.6 cm³/mol. The highest BCUT2D eigenvalue weighted by Gasteiger charge is 2.40. The molecule has 1 fully saturated rings. The van der Waals surface area contributed by atoms with Crippen LogP contribution in [-0.2, 0) is 19.1 Å².